The van der Waals surface area contributed by atoms with Crippen LogP contribution >= 0.6 is 0 Å². The number of fused-ring (bicyclic) bond motifs is 1. The lowest BCUT2D eigenvalue weighted by Crippen LogP contribution is -2.42. The fraction of sp³-hybridized carbons (Fsp3) is 0.480. The van der Waals surface area contributed by atoms with Crippen molar-refractivity contribution in [2.75, 3.05) is 29.4 Å². The minimum atomic E-state index is 0.256. The molecule has 4 nitrogen and oxygen atoms in total. The number of carbonyl (C=O) groups is 1. The number of nitrogens with one attached hydrogen (secondary N) is 1. The minimum Gasteiger partial charge on any atom is -0.371 e. The van der Waals surface area contributed by atoms with E-state index < -0.39 is 0 Å². The Balaban J connectivity index is 1.11. The molecular weight excluding hydrogens is 358 g/mol. The third-order valence-electron chi connectivity index (χ3n) is 6.86. The van der Waals surface area contributed by atoms with Crippen LogP contribution in [0.5, 0.6) is 0 Å². The van der Waals surface area contributed by atoms with E-state index >= 15 is 0 Å². The Morgan fingerprint density at radius 2 is 1.59 bits per heavy atom. The highest BCUT2D eigenvalue weighted by Crippen LogP contribution is 2.28. The van der Waals surface area contributed by atoms with Crippen LogP contribution in [0.2, 0.25) is 0 Å². The number of benzene rings is 2. The number of anilines is 2. The van der Waals surface area contributed by atoms with Crippen molar-refractivity contribution in [3.05, 3.63) is 59.2 Å². The molecule has 2 aromatic carbocycles. The molecule has 2 aromatic rings. The first-order chi connectivity index (χ1) is 14.3. The normalized spacial score (nSPS) is 19.8. The molecule has 2 saturated heterocycles. The molecule has 0 saturated carbocycles. The zero-order valence-electron chi connectivity index (χ0n) is 17.2. The summed E-state index contributed by atoms with van der Waals surface area (Å²) >= 11 is 0. The van der Waals surface area contributed by atoms with Crippen molar-refractivity contribution in [3.8, 4) is 0 Å². The van der Waals surface area contributed by atoms with Gasteiger partial charge in [-0.05, 0) is 79.5 Å². The van der Waals surface area contributed by atoms with Crippen LogP contribution in [0.15, 0.2) is 42.5 Å². The maximum Gasteiger partial charge on any atom is 0.227 e. The van der Waals surface area contributed by atoms with Crippen LogP contribution in [-0.2, 0) is 24.2 Å². The monoisotopic (exact) mass is 389 g/mol. The highest BCUT2D eigenvalue weighted by atomic mass is 16.2. The van der Waals surface area contributed by atoms with Crippen LogP contribution < -0.4 is 15.1 Å². The maximum absolute atomic E-state index is 11.9. The van der Waals surface area contributed by atoms with Crippen LogP contribution in [0.3, 0.4) is 0 Å². The highest BCUT2D eigenvalue weighted by molar-refractivity contribution is 5.95. The maximum atomic E-state index is 11.9. The fourth-order valence-electron chi connectivity index (χ4n) is 5.07. The quantitative estimate of drug-likeness (QED) is 0.838. The van der Waals surface area contributed by atoms with Gasteiger partial charge in [-0.15, -0.1) is 0 Å². The lowest BCUT2D eigenvalue weighted by atomic mass is 10.0. The fourth-order valence-corrected chi connectivity index (χ4v) is 5.07. The second kappa shape index (κ2) is 8.19. The molecule has 0 bridgehead atoms. The second-order valence-electron chi connectivity index (χ2n) is 8.76. The van der Waals surface area contributed by atoms with Gasteiger partial charge in [0, 0.05) is 50.0 Å². The number of piperidine rings is 1. The zero-order valence-corrected chi connectivity index (χ0v) is 17.2. The van der Waals surface area contributed by atoms with Crippen molar-refractivity contribution in [2.24, 2.45) is 0 Å². The number of rotatable bonds is 5. The largest absolute Gasteiger partial charge is 0.371 e. The SMILES string of the molecule is O=C1CCCN1c1ccc(CNC2CCN(c3ccc4c(c3)CCC4)CC2)cc1. The third kappa shape index (κ3) is 4.04. The summed E-state index contributed by atoms with van der Waals surface area (Å²) in [6.07, 6.45) is 7.89. The van der Waals surface area contributed by atoms with Gasteiger partial charge in [-0.3, -0.25) is 4.79 Å². The lowest BCUT2D eigenvalue weighted by molar-refractivity contribution is -0.117. The summed E-state index contributed by atoms with van der Waals surface area (Å²) in [6.45, 7) is 4.02. The van der Waals surface area contributed by atoms with Crippen molar-refractivity contribution in [1.82, 2.24) is 5.32 Å². The average molecular weight is 390 g/mol. The summed E-state index contributed by atoms with van der Waals surface area (Å²) in [7, 11) is 0. The van der Waals surface area contributed by atoms with Gasteiger partial charge in [0.25, 0.3) is 0 Å². The van der Waals surface area contributed by atoms with Gasteiger partial charge in [-0.1, -0.05) is 18.2 Å². The number of hydrogen-bond acceptors (Lipinski definition) is 3. The number of hydrogen-bond donors (Lipinski definition) is 1. The van der Waals surface area contributed by atoms with Gasteiger partial charge in [0.05, 0.1) is 0 Å². The van der Waals surface area contributed by atoms with E-state index in [2.05, 4.69) is 52.7 Å². The molecule has 0 unspecified atom stereocenters. The van der Waals surface area contributed by atoms with Crippen molar-refractivity contribution >= 4 is 17.3 Å². The summed E-state index contributed by atoms with van der Waals surface area (Å²) in [5.41, 5.74) is 6.88. The van der Waals surface area contributed by atoms with E-state index in [-0.39, 0.29) is 5.91 Å². The van der Waals surface area contributed by atoms with Gasteiger partial charge in [0.2, 0.25) is 5.91 Å². The Morgan fingerprint density at radius 3 is 2.34 bits per heavy atom. The smallest absolute Gasteiger partial charge is 0.227 e. The Labute approximate surface area is 173 Å². The number of carbonyl (C=O) groups excluding carboxylic acids is 1. The number of aryl methyl sites for hydroxylation is 2. The topological polar surface area (TPSA) is 35.6 Å². The van der Waals surface area contributed by atoms with E-state index in [1.54, 1.807) is 11.1 Å². The predicted molar refractivity (Wildman–Crippen MR) is 119 cm³/mol. The molecular formula is C25H31N3O. The van der Waals surface area contributed by atoms with E-state index in [4.69, 9.17) is 0 Å². The van der Waals surface area contributed by atoms with Crippen molar-refractivity contribution < 1.29 is 4.79 Å². The van der Waals surface area contributed by atoms with Crippen molar-refractivity contribution in [3.63, 3.8) is 0 Å². The molecule has 1 N–H and O–H groups in total. The van der Waals surface area contributed by atoms with Crippen LogP contribution in [0.4, 0.5) is 11.4 Å². The minimum absolute atomic E-state index is 0.256. The molecule has 4 heteroatoms. The highest BCUT2D eigenvalue weighted by Gasteiger charge is 2.22. The molecule has 2 fully saturated rings. The van der Waals surface area contributed by atoms with Gasteiger partial charge in [-0.2, -0.15) is 0 Å². The predicted octanol–water partition coefficient (Wildman–Crippen LogP) is 4.06. The molecule has 0 spiro atoms. The van der Waals surface area contributed by atoms with Crippen molar-refractivity contribution in [1.29, 1.82) is 0 Å². The summed E-state index contributed by atoms with van der Waals surface area (Å²) in [5, 5.41) is 3.74. The van der Waals surface area contributed by atoms with Gasteiger partial charge in [0.15, 0.2) is 0 Å². The number of nitrogens with zero attached hydrogens (tertiary/aromatic N) is 2. The molecule has 152 valence electrons. The summed E-state index contributed by atoms with van der Waals surface area (Å²) in [4.78, 5) is 16.3. The second-order valence-corrected chi connectivity index (χ2v) is 8.76. The summed E-state index contributed by atoms with van der Waals surface area (Å²) < 4.78 is 0. The van der Waals surface area contributed by atoms with E-state index in [1.165, 1.54) is 43.4 Å². The summed E-state index contributed by atoms with van der Waals surface area (Å²) in [6, 6.07) is 16.2. The van der Waals surface area contributed by atoms with Gasteiger partial charge < -0.3 is 15.1 Å². The van der Waals surface area contributed by atoms with Crippen molar-refractivity contribution in [2.45, 2.75) is 57.5 Å². The Bertz CT molecular complexity index is 868. The summed E-state index contributed by atoms with van der Waals surface area (Å²) in [5.74, 6) is 0.256. The third-order valence-corrected chi connectivity index (χ3v) is 6.86. The first-order valence-corrected chi connectivity index (χ1v) is 11.3. The van der Waals surface area contributed by atoms with Crippen LogP contribution in [0, 0.1) is 0 Å². The molecule has 0 radical (unpaired) electrons. The Kier molecular flexibility index (Phi) is 5.28. The first kappa shape index (κ1) is 18.7. The molecule has 1 aliphatic carbocycles. The van der Waals surface area contributed by atoms with E-state index in [9.17, 15) is 4.79 Å². The Hall–Kier alpha value is -2.33. The molecule has 2 heterocycles. The molecule has 29 heavy (non-hydrogen) atoms. The molecule has 3 aliphatic rings. The lowest BCUT2D eigenvalue weighted by Gasteiger charge is -2.34. The molecule has 2 aliphatic heterocycles. The zero-order chi connectivity index (χ0) is 19.6. The van der Waals surface area contributed by atoms with Crippen LogP contribution in [-0.4, -0.2) is 31.6 Å². The first-order valence-electron chi connectivity index (χ1n) is 11.3. The van der Waals surface area contributed by atoms with Gasteiger partial charge >= 0.3 is 0 Å². The molecule has 0 atom stereocenters. The average Bonchev–Trinajstić information content (AvgIpc) is 3.41. The molecule has 5 rings (SSSR count). The Morgan fingerprint density at radius 1 is 0.828 bits per heavy atom. The van der Waals surface area contributed by atoms with Gasteiger partial charge in [-0.25, -0.2) is 0 Å². The van der Waals surface area contributed by atoms with Crippen LogP contribution in [0.1, 0.15) is 48.8 Å². The molecule has 1 amide bonds. The van der Waals surface area contributed by atoms with Crippen LogP contribution in [0.25, 0.3) is 0 Å². The van der Waals surface area contributed by atoms with Gasteiger partial charge in [0.1, 0.15) is 0 Å². The molecule has 0 aromatic heterocycles. The number of amides is 1. The van der Waals surface area contributed by atoms with E-state index in [0.29, 0.717) is 12.5 Å². The standard InChI is InChI=1S/C25H31N3O/c29-25-5-2-14-28(25)23-9-6-19(7-10-23)18-26-22-12-15-27(16-13-22)24-11-8-20-3-1-4-21(20)17-24/h6-11,17,22,26H,1-5,12-16,18H2. The van der Waals surface area contributed by atoms with E-state index in [1.807, 2.05) is 4.90 Å². The van der Waals surface area contributed by atoms with E-state index in [0.717, 1.165) is 38.3 Å².